The minimum absolute atomic E-state index is 0.389. The molecular formula is H2B2O3S. The van der Waals surface area contributed by atoms with Crippen LogP contribution in [0.1, 0.15) is 0 Å². The Morgan fingerprint density at radius 2 is 1.67 bits per heavy atom. The lowest BCUT2D eigenvalue weighted by Crippen LogP contribution is -2.16. The smallest absolute Gasteiger partial charge is 0.613 e. The highest BCUT2D eigenvalue weighted by Crippen LogP contribution is 1.73. The molecule has 2 N–H and O–H groups in total. The molecule has 0 aliphatic carbocycles. The van der Waals surface area contributed by atoms with Crippen molar-refractivity contribution >= 4 is 24.4 Å². The Bertz CT molecular complexity index is 28.0. The largest absolute Gasteiger partial charge is 0.650 e. The van der Waals surface area contributed by atoms with Crippen molar-refractivity contribution in [3.05, 3.63) is 0 Å². The SMILES string of the molecule is [O-][S+]([B]O)[B]O. The topological polar surface area (TPSA) is 63.5 Å². The van der Waals surface area contributed by atoms with Crippen molar-refractivity contribution in [3.63, 3.8) is 0 Å². The first kappa shape index (κ1) is 6.36. The Kier molecular flexibility index (Phi) is 3.76. The van der Waals surface area contributed by atoms with E-state index in [0.717, 1.165) is 0 Å². The summed E-state index contributed by atoms with van der Waals surface area (Å²) in [7, 11) is -1.67. The first-order chi connectivity index (χ1) is 2.81. The fourth-order valence-electron chi connectivity index (χ4n) is 0.0272. The van der Waals surface area contributed by atoms with E-state index in [1.54, 1.807) is 0 Å². The second kappa shape index (κ2) is 3.55. The zero-order valence-corrected chi connectivity index (χ0v) is 3.68. The van der Waals surface area contributed by atoms with E-state index < -0.39 is 10.9 Å². The molecule has 3 nitrogen and oxygen atoms in total. The average Bonchev–Trinajstić information content (AvgIpc) is 1.65. The highest BCUT2D eigenvalue weighted by Gasteiger charge is 2.09. The zero-order chi connectivity index (χ0) is 4.99. The second-order valence-electron chi connectivity index (χ2n) is 0.539. The van der Waals surface area contributed by atoms with Crippen LogP contribution in [0.4, 0.5) is 0 Å². The highest BCUT2D eigenvalue weighted by atomic mass is 32.2. The summed E-state index contributed by atoms with van der Waals surface area (Å²) in [5, 5.41) is 15.4. The molecule has 2 radical (unpaired) electrons. The van der Waals surface area contributed by atoms with Crippen molar-refractivity contribution < 1.29 is 14.6 Å². The summed E-state index contributed by atoms with van der Waals surface area (Å²) in [6.07, 6.45) is 0. The maximum atomic E-state index is 9.68. The van der Waals surface area contributed by atoms with E-state index in [0.29, 0.717) is 13.5 Å². The predicted molar refractivity (Wildman–Crippen MR) is 24.1 cm³/mol. The average molecular weight is 104 g/mol. The van der Waals surface area contributed by atoms with Crippen molar-refractivity contribution in [2.75, 3.05) is 0 Å². The Labute approximate surface area is 39.9 Å². The van der Waals surface area contributed by atoms with Gasteiger partial charge in [-0.25, -0.2) is 0 Å². The minimum atomic E-state index is -1.67. The van der Waals surface area contributed by atoms with Gasteiger partial charge in [-0.2, -0.15) is 0 Å². The number of rotatable bonds is 2. The Morgan fingerprint density at radius 3 is 1.67 bits per heavy atom. The van der Waals surface area contributed by atoms with Gasteiger partial charge in [0, 0.05) is 0 Å². The van der Waals surface area contributed by atoms with E-state index in [1.807, 2.05) is 0 Å². The molecular weight excluding hydrogens is 102 g/mol. The predicted octanol–water partition coefficient (Wildman–Crippen LogP) is -2.21. The number of hydrogen-bond donors (Lipinski definition) is 2. The molecule has 0 heterocycles. The molecule has 0 aromatic rings. The molecule has 0 rings (SSSR count). The standard InChI is InChI=1S/B2H2O3S/c3-1-6(5)2-4/h3-4H. The molecule has 0 saturated heterocycles. The van der Waals surface area contributed by atoms with Crippen molar-refractivity contribution in [3.8, 4) is 0 Å². The molecule has 0 fully saturated rings. The summed E-state index contributed by atoms with van der Waals surface area (Å²) in [4.78, 5) is 0. The summed E-state index contributed by atoms with van der Waals surface area (Å²) < 4.78 is 9.68. The normalized spacial score (nSPS) is 8.67. The number of hydrogen-bond acceptors (Lipinski definition) is 3. The van der Waals surface area contributed by atoms with Gasteiger partial charge in [-0.05, 0) is 0 Å². The molecule has 6 heteroatoms. The van der Waals surface area contributed by atoms with Crippen molar-refractivity contribution in [2.24, 2.45) is 0 Å². The van der Waals surface area contributed by atoms with Crippen LogP contribution >= 0.6 is 0 Å². The molecule has 0 aromatic heterocycles. The summed E-state index contributed by atoms with van der Waals surface area (Å²) in [5.74, 6) is 0. The molecule has 0 amide bonds. The fraction of sp³-hybridized carbons (Fsp3) is 0. The molecule has 0 saturated carbocycles. The van der Waals surface area contributed by atoms with Crippen LogP contribution in [-0.2, 0) is 10.9 Å². The van der Waals surface area contributed by atoms with Crippen LogP contribution in [-0.4, -0.2) is 28.1 Å². The Balaban J connectivity index is 2.75. The van der Waals surface area contributed by atoms with Gasteiger partial charge in [0.25, 0.3) is 0 Å². The quantitative estimate of drug-likeness (QED) is 0.308. The molecule has 0 aromatic carbocycles. The van der Waals surface area contributed by atoms with Gasteiger partial charge in [0.1, 0.15) is 0 Å². The van der Waals surface area contributed by atoms with Crippen molar-refractivity contribution in [1.29, 1.82) is 0 Å². The Morgan fingerprint density at radius 1 is 1.33 bits per heavy atom. The van der Waals surface area contributed by atoms with E-state index in [4.69, 9.17) is 10.0 Å². The molecule has 0 aliphatic rings. The minimum Gasteiger partial charge on any atom is -0.650 e. The maximum Gasteiger partial charge on any atom is 0.613 e. The lowest BCUT2D eigenvalue weighted by molar-refractivity contribution is 0.577. The van der Waals surface area contributed by atoms with Gasteiger partial charge in [0.15, 0.2) is 0 Å². The van der Waals surface area contributed by atoms with Crippen LogP contribution in [0, 0.1) is 0 Å². The van der Waals surface area contributed by atoms with Crippen molar-refractivity contribution in [1.82, 2.24) is 0 Å². The van der Waals surface area contributed by atoms with Crippen LogP contribution in [0.15, 0.2) is 0 Å². The Hall–Kier alpha value is 0.360. The molecule has 32 valence electrons. The monoisotopic (exact) mass is 104 g/mol. The lowest BCUT2D eigenvalue weighted by atomic mass is 10.5. The molecule has 0 atom stereocenters. The van der Waals surface area contributed by atoms with Crippen LogP contribution in [0.3, 0.4) is 0 Å². The third-order valence-corrected chi connectivity index (χ3v) is 0.623. The highest BCUT2D eigenvalue weighted by molar-refractivity contribution is 8.32. The molecule has 0 bridgehead atoms. The van der Waals surface area contributed by atoms with Crippen molar-refractivity contribution in [2.45, 2.75) is 0 Å². The van der Waals surface area contributed by atoms with Gasteiger partial charge in [0.2, 0.25) is 0 Å². The first-order valence-corrected chi connectivity index (χ1v) is 2.43. The third-order valence-electron chi connectivity index (χ3n) is 0.208. The van der Waals surface area contributed by atoms with E-state index >= 15 is 0 Å². The molecule has 6 heavy (non-hydrogen) atoms. The fourth-order valence-corrected chi connectivity index (χ4v) is 0.0816. The second-order valence-corrected chi connectivity index (χ2v) is 1.62. The third kappa shape index (κ3) is 2.59. The van der Waals surface area contributed by atoms with Gasteiger partial charge in [0.05, 0.1) is 0 Å². The van der Waals surface area contributed by atoms with Gasteiger partial charge < -0.3 is 14.6 Å². The van der Waals surface area contributed by atoms with Crippen LogP contribution in [0.25, 0.3) is 0 Å². The van der Waals surface area contributed by atoms with E-state index in [2.05, 4.69) is 0 Å². The molecule has 0 spiro atoms. The van der Waals surface area contributed by atoms with E-state index in [-0.39, 0.29) is 0 Å². The summed E-state index contributed by atoms with van der Waals surface area (Å²) in [6, 6.07) is 0. The van der Waals surface area contributed by atoms with E-state index in [1.165, 1.54) is 0 Å². The van der Waals surface area contributed by atoms with Gasteiger partial charge >= 0.3 is 13.5 Å². The first-order valence-electron chi connectivity index (χ1n) is 1.15. The van der Waals surface area contributed by atoms with Gasteiger partial charge in [-0.3, -0.25) is 0 Å². The molecule has 0 unspecified atom stereocenters. The van der Waals surface area contributed by atoms with Crippen LogP contribution in [0.2, 0.25) is 0 Å². The summed E-state index contributed by atoms with van der Waals surface area (Å²) in [5.41, 5.74) is 0. The summed E-state index contributed by atoms with van der Waals surface area (Å²) >= 11 is 0. The van der Waals surface area contributed by atoms with E-state index in [9.17, 15) is 4.55 Å². The maximum absolute atomic E-state index is 9.68. The van der Waals surface area contributed by atoms with Gasteiger partial charge in [-0.15, -0.1) is 10.9 Å². The van der Waals surface area contributed by atoms with Gasteiger partial charge in [-0.1, -0.05) is 0 Å². The zero-order valence-electron chi connectivity index (χ0n) is 2.87. The summed E-state index contributed by atoms with van der Waals surface area (Å²) in [6.45, 7) is 0.778. The molecule has 0 aliphatic heterocycles. The van der Waals surface area contributed by atoms with Crippen LogP contribution < -0.4 is 0 Å². The lowest BCUT2D eigenvalue weighted by Gasteiger charge is -1.95. The van der Waals surface area contributed by atoms with Crippen LogP contribution in [0.5, 0.6) is 0 Å².